The summed E-state index contributed by atoms with van der Waals surface area (Å²) in [5.74, 6) is 1.68. The van der Waals surface area contributed by atoms with E-state index in [2.05, 4.69) is 40.3 Å². The molecule has 0 fully saturated rings. The van der Waals surface area contributed by atoms with Crippen LogP contribution in [0.15, 0.2) is 39.2 Å². The van der Waals surface area contributed by atoms with E-state index in [1.807, 2.05) is 12.1 Å². The average molecular weight is 359 g/mol. The Balaban J connectivity index is 2.17. The summed E-state index contributed by atoms with van der Waals surface area (Å²) in [6.07, 6.45) is 0.820. The van der Waals surface area contributed by atoms with Gasteiger partial charge in [0.2, 0.25) is 0 Å². The molecule has 0 spiro atoms. The maximum absolute atomic E-state index is 5.85. The first kappa shape index (κ1) is 15.4. The van der Waals surface area contributed by atoms with Gasteiger partial charge in [0.1, 0.15) is 11.5 Å². The molecule has 1 unspecified atom stereocenters. The Morgan fingerprint density at radius 2 is 2.15 bits per heavy atom. The highest BCUT2D eigenvalue weighted by molar-refractivity contribution is 9.10. The first-order valence-electron chi connectivity index (χ1n) is 6.45. The van der Waals surface area contributed by atoms with Crippen LogP contribution in [0.4, 0.5) is 0 Å². The van der Waals surface area contributed by atoms with Crippen LogP contribution in [0, 0.1) is 0 Å². The maximum atomic E-state index is 5.85. The third-order valence-corrected chi connectivity index (χ3v) is 3.87. The summed E-state index contributed by atoms with van der Waals surface area (Å²) in [6.45, 7) is 2.93. The molecule has 5 heteroatoms. The highest BCUT2D eigenvalue weighted by Gasteiger charge is 2.15. The molecule has 0 amide bonds. The van der Waals surface area contributed by atoms with Gasteiger partial charge in [-0.25, -0.2) is 0 Å². The minimum Gasteiger partial charge on any atom is -0.496 e. The number of likely N-dealkylation sites (N-methyl/N-ethyl adjacent to an activating group) is 1. The Morgan fingerprint density at radius 3 is 2.70 bits per heavy atom. The van der Waals surface area contributed by atoms with Gasteiger partial charge in [0.05, 0.1) is 17.6 Å². The summed E-state index contributed by atoms with van der Waals surface area (Å²) in [6, 6.07) is 9.86. The van der Waals surface area contributed by atoms with Crippen LogP contribution in [0.25, 0.3) is 0 Å². The second kappa shape index (κ2) is 7.16. The van der Waals surface area contributed by atoms with Crippen LogP contribution in [0.1, 0.15) is 24.3 Å². The molecule has 2 aromatic rings. The van der Waals surface area contributed by atoms with Gasteiger partial charge in [0.15, 0.2) is 5.22 Å². The lowest BCUT2D eigenvalue weighted by molar-refractivity contribution is 0.409. The summed E-state index contributed by atoms with van der Waals surface area (Å²) >= 11 is 9.36. The van der Waals surface area contributed by atoms with E-state index in [1.165, 1.54) is 5.56 Å². The summed E-state index contributed by atoms with van der Waals surface area (Å²) in [5, 5.41) is 3.83. The molecule has 0 bridgehead atoms. The first-order chi connectivity index (χ1) is 9.63. The minimum absolute atomic E-state index is 0.104. The predicted octanol–water partition coefficient (Wildman–Crippen LogP) is 4.60. The molecule has 0 aliphatic heterocycles. The zero-order valence-corrected chi connectivity index (χ0v) is 13.8. The Labute approximate surface area is 132 Å². The molecular formula is C15H17BrClNO2. The molecule has 20 heavy (non-hydrogen) atoms. The zero-order chi connectivity index (χ0) is 14.5. The Hall–Kier alpha value is -0.970. The fourth-order valence-corrected chi connectivity index (χ4v) is 2.85. The second-order valence-corrected chi connectivity index (χ2v) is 5.65. The fraction of sp³-hybridized carbons (Fsp3) is 0.333. The van der Waals surface area contributed by atoms with Crippen molar-refractivity contribution >= 4 is 27.5 Å². The molecule has 1 atom stereocenters. The number of hydrogen-bond acceptors (Lipinski definition) is 3. The molecule has 0 saturated heterocycles. The lowest BCUT2D eigenvalue weighted by Gasteiger charge is -2.16. The van der Waals surface area contributed by atoms with E-state index in [9.17, 15) is 0 Å². The molecule has 108 valence electrons. The first-order valence-corrected chi connectivity index (χ1v) is 7.62. The van der Waals surface area contributed by atoms with Crippen molar-refractivity contribution in [3.8, 4) is 5.75 Å². The van der Waals surface area contributed by atoms with E-state index < -0.39 is 0 Å². The Morgan fingerprint density at radius 1 is 1.35 bits per heavy atom. The molecule has 2 rings (SSSR count). The van der Waals surface area contributed by atoms with Gasteiger partial charge >= 0.3 is 0 Å². The van der Waals surface area contributed by atoms with Crippen molar-refractivity contribution in [3.63, 3.8) is 0 Å². The highest BCUT2D eigenvalue weighted by Crippen LogP contribution is 2.28. The SMILES string of the molecule is CCNC(Cc1ccc(OC)c(Br)c1)c1ccc(Cl)o1. The van der Waals surface area contributed by atoms with Crippen LogP contribution >= 0.6 is 27.5 Å². The molecule has 0 aliphatic carbocycles. The van der Waals surface area contributed by atoms with Gasteiger partial charge in [0.25, 0.3) is 0 Å². The van der Waals surface area contributed by atoms with Crippen molar-refractivity contribution in [1.82, 2.24) is 5.32 Å². The fourth-order valence-electron chi connectivity index (χ4n) is 2.11. The van der Waals surface area contributed by atoms with Crippen molar-refractivity contribution in [1.29, 1.82) is 0 Å². The quantitative estimate of drug-likeness (QED) is 0.819. The third-order valence-electron chi connectivity index (χ3n) is 3.04. The average Bonchev–Trinajstić information content (AvgIpc) is 2.85. The number of rotatable bonds is 6. The van der Waals surface area contributed by atoms with Gasteiger partial charge in [-0.15, -0.1) is 0 Å². The summed E-state index contributed by atoms with van der Waals surface area (Å²) in [4.78, 5) is 0. The predicted molar refractivity (Wildman–Crippen MR) is 84.5 cm³/mol. The van der Waals surface area contributed by atoms with Crippen LogP contribution in [0.5, 0.6) is 5.75 Å². The van der Waals surface area contributed by atoms with E-state index in [-0.39, 0.29) is 6.04 Å². The van der Waals surface area contributed by atoms with Gasteiger partial charge in [-0.05, 0) is 70.3 Å². The van der Waals surface area contributed by atoms with Crippen molar-refractivity contribution in [2.75, 3.05) is 13.7 Å². The molecule has 1 N–H and O–H groups in total. The van der Waals surface area contributed by atoms with Gasteiger partial charge in [-0.3, -0.25) is 0 Å². The minimum atomic E-state index is 0.104. The topological polar surface area (TPSA) is 34.4 Å². The molecular weight excluding hydrogens is 342 g/mol. The van der Waals surface area contributed by atoms with Crippen LogP contribution in [0.3, 0.4) is 0 Å². The summed E-state index contributed by atoms with van der Waals surface area (Å²) in [7, 11) is 1.66. The molecule has 0 radical (unpaired) electrons. The second-order valence-electron chi connectivity index (χ2n) is 4.43. The van der Waals surface area contributed by atoms with Crippen LogP contribution in [-0.2, 0) is 6.42 Å². The number of ether oxygens (including phenoxy) is 1. The van der Waals surface area contributed by atoms with Gasteiger partial charge in [0, 0.05) is 0 Å². The van der Waals surface area contributed by atoms with E-state index in [0.29, 0.717) is 5.22 Å². The maximum Gasteiger partial charge on any atom is 0.193 e. The zero-order valence-electron chi connectivity index (χ0n) is 11.5. The highest BCUT2D eigenvalue weighted by atomic mass is 79.9. The number of hydrogen-bond donors (Lipinski definition) is 1. The molecule has 0 aliphatic rings. The van der Waals surface area contributed by atoms with E-state index in [0.717, 1.165) is 28.9 Å². The largest absolute Gasteiger partial charge is 0.496 e. The van der Waals surface area contributed by atoms with Crippen molar-refractivity contribution < 1.29 is 9.15 Å². The molecule has 1 aromatic carbocycles. The number of benzene rings is 1. The van der Waals surface area contributed by atoms with Crippen molar-refractivity contribution in [2.45, 2.75) is 19.4 Å². The number of halogens is 2. The van der Waals surface area contributed by atoms with Crippen molar-refractivity contribution in [2.24, 2.45) is 0 Å². The number of furan rings is 1. The van der Waals surface area contributed by atoms with Crippen LogP contribution < -0.4 is 10.1 Å². The van der Waals surface area contributed by atoms with Crippen LogP contribution in [-0.4, -0.2) is 13.7 Å². The standard InChI is InChI=1S/C15H17BrClNO2/c1-3-18-12(14-6-7-15(17)20-14)9-10-4-5-13(19-2)11(16)8-10/h4-8,12,18H,3,9H2,1-2H3. The van der Waals surface area contributed by atoms with Gasteiger partial charge in [-0.1, -0.05) is 13.0 Å². The van der Waals surface area contributed by atoms with Crippen LogP contribution in [0.2, 0.25) is 5.22 Å². The lowest BCUT2D eigenvalue weighted by Crippen LogP contribution is -2.22. The van der Waals surface area contributed by atoms with Gasteiger partial charge in [-0.2, -0.15) is 0 Å². The number of nitrogens with one attached hydrogen (secondary N) is 1. The van der Waals surface area contributed by atoms with E-state index in [4.69, 9.17) is 20.8 Å². The molecule has 0 saturated carbocycles. The summed E-state index contributed by atoms with van der Waals surface area (Å²) < 4.78 is 11.7. The Bertz CT molecular complexity index is 571. The Kier molecular flexibility index (Phi) is 5.52. The third kappa shape index (κ3) is 3.78. The molecule has 1 aromatic heterocycles. The van der Waals surface area contributed by atoms with Gasteiger partial charge < -0.3 is 14.5 Å². The van der Waals surface area contributed by atoms with E-state index >= 15 is 0 Å². The number of methoxy groups -OCH3 is 1. The van der Waals surface area contributed by atoms with Crippen molar-refractivity contribution in [3.05, 3.63) is 51.3 Å². The molecule has 3 nitrogen and oxygen atoms in total. The van der Waals surface area contributed by atoms with E-state index in [1.54, 1.807) is 13.2 Å². The lowest BCUT2D eigenvalue weighted by atomic mass is 10.0. The summed E-state index contributed by atoms with van der Waals surface area (Å²) in [5.41, 5.74) is 1.19. The smallest absolute Gasteiger partial charge is 0.193 e. The molecule has 1 heterocycles. The monoisotopic (exact) mass is 357 g/mol. The normalized spacial score (nSPS) is 12.4.